The highest BCUT2D eigenvalue weighted by atomic mass is 35.5. The lowest BCUT2D eigenvalue weighted by Gasteiger charge is -2.22. The molecule has 0 spiro atoms. The summed E-state index contributed by atoms with van der Waals surface area (Å²) in [6.45, 7) is 0.798. The summed E-state index contributed by atoms with van der Waals surface area (Å²) in [6, 6.07) is 8.99. The maximum Gasteiger partial charge on any atom is 0.251 e. The van der Waals surface area contributed by atoms with E-state index in [4.69, 9.17) is 5.73 Å². The van der Waals surface area contributed by atoms with Crippen LogP contribution >= 0.6 is 12.4 Å². The summed E-state index contributed by atoms with van der Waals surface area (Å²) in [6.07, 6.45) is 3.51. The van der Waals surface area contributed by atoms with Gasteiger partial charge in [0, 0.05) is 18.7 Å². The minimum absolute atomic E-state index is 0. The van der Waals surface area contributed by atoms with Gasteiger partial charge >= 0.3 is 0 Å². The Labute approximate surface area is 131 Å². The third-order valence-electron chi connectivity index (χ3n) is 3.68. The molecule has 0 aromatic heterocycles. The van der Waals surface area contributed by atoms with Gasteiger partial charge < -0.3 is 16.4 Å². The molecule has 0 saturated heterocycles. The molecule has 1 saturated carbocycles. The fourth-order valence-electron chi connectivity index (χ4n) is 2.45. The predicted octanol–water partition coefficient (Wildman–Crippen LogP) is 1.23. The Morgan fingerprint density at radius 2 is 1.62 bits per heavy atom. The minimum Gasteiger partial charge on any atom is -0.353 e. The third-order valence-corrected chi connectivity index (χ3v) is 3.68. The fraction of sp³-hybridized carbons (Fsp3) is 0.467. The van der Waals surface area contributed by atoms with Crippen LogP contribution in [0.2, 0.25) is 0 Å². The van der Waals surface area contributed by atoms with E-state index in [1.807, 2.05) is 18.2 Å². The van der Waals surface area contributed by atoms with Crippen LogP contribution in [0, 0.1) is 0 Å². The smallest absolute Gasteiger partial charge is 0.251 e. The molecule has 1 aromatic carbocycles. The number of hydrogen-bond donors (Lipinski definition) is 3. The number of benzene rings is 1. The molecule has 6 heteroatoms. The number of nitrogens with one attached hydrogen (secondary N) is 2. The number of halogens is 1. The van der Waals surface area contributed by atoms with Crippen molar-refractivity contribution < 1.29 is 9.59 Å². The van der Waals surface area contributed by atoms with E-state index in [-0.39, 0.29) is 24.2 Å². The lowest BCUT2D eigenvalue weighted by molar-refractivity contribution is -0.126. The Morgan fingerprint density at radius 3 is 2.24 bits per heavy atom. The number of hydrogen-bond acceptors (Lipinski definition) is 3. The molecule has 2 rings (SSSR count). The number of nitrogens with two attached hydrogens (primary N) is 1. The first-order valence-electron chi connectivity index (χ1n) is 7.02. The van der Waals surface area contributed by atoms with Gasteiger partial charge in [-0.05, 0) is 25.0 Å². The second-order valence-corrected chi connectivity index (χ2v) is 5.24. The van der Waals surface area contributed by atoms with Gasteiger partial charge in [-0.25, -0.2) is 0 Å². The van der Waals surface area contributed by atoms with E-state index in [0.29, 0.717) is 18.7 Å². The number of rotatable bonds is 5. The first kappa shape index (κ1) is 17.5. The molecule has 0 unspecified atom stereocenters. The molecule has 1 aromatic rings. The molecule has 116 valence electrons. The molecule has 4 N–H and O–H groups in total. The standard InChI is InChI=1S/C15H21N3O2.ClH/c16-15(8-4-5-9-15)14(20)18-11-10-17-13(19)12-6-2-1-3-7-12;/h1-3,6-7H,4-5,8-11,16H2,(H,17,19)(H,18,20);1H. The summed E-state index contributed by atoms with van der Waals surface area (Å²) in [5, 5.41) is 5.56. The highest BCUT2D eigenvalue weighted by Crippen LogP contribution is 2.26. The molecule has 1 aliphatic carbocycles. The maximum atomic E-state index is 11.9. The summed E-state index contributed by atoms with van der Waals surface area (Å²) >= 11 is 0. The van der Waals surface area contributed by atoms with Crippen molar-refractivity contribution in [3.8, 4) is 0 Å². The van der Waals surface area contributed by atoms with Crippen molar-refractivity contribution in [2.24, 2.45) is 5.73 Å². The van der Waals surface area contributed by atoms with Crippen LogP contribution in [0.1, 0.15) is 36.0 Å². The Hall–Kier alpha value is -1.59. The van der Waals surface area contributed by atoms with Crippen molar-refractivity contribution in [2.45, 2.75) is 31.2 Å². The monoisotopic (exact) mass is 311 g/mol. The summed E-state index contributed by atoms with van der Waals surface area (Å²) in [5.41, 5.74) is 5.95. The van der Waals surface area contributed by atoms with Crippen LogP contribution in [0.25, 0.3) is 0 Å². The maximum absolute atomic E-state index is 11.9. The van der Waals surface area contributed by atoms with E-state index in [0.717, 1.165) is 25.7 Å². The van der Waals surface area contributed by atoms with Crippen LogP contribution in [0.5, 0.6) is 0 Å². The van der Waals surface area contributed by atoms with Gasteiger partial charge in [0.15, 0.2) is 0 Å². The molecule has 0 radical (unpaired) electrons. The number of carbonyl (C=O) groups is 2. The van der Waals surface area contributed by atoms with E-state index < -0.39 is 5.54 Å². The summed E-state index contributed by atoms with van der Waals surface area (Å²) in [4.78, 5) is 23.7. The van der Waals surface area contributed by atoms with Gasteiger partial charge in [-0.1, -0.05) is 31.0 Å². The highest BCUT2D eigenvalue weighted by Gasteiger charge is 2.36. The average Bonchev–Trinajstić information content (AvgIpc) is 2.92. The molecule has 2 amide bonds. The molecule has 0 atom stereocenters. The largest absolute Gasteiger partial charge is 0.353 e. The molecule has 0 aliphatic heterocycles. The van der Waals surface area contributed by atoms with Gasteiger partial charge in [0.05, 0.1) is 5.54 Å². The SMILES string of the molecule is Cl.NC1(C(=O)NCCNC(=O)c2ccccc2)CCCC1. The summed E-state index contributed by atoms with van der Waals surface area (Å²) < 4.78 is 0. The van der Waals surface area contributed by atoms with Crippen molar-refractivity contribution in [3.05, 3.63) is 35.9 Å². The van der Waals surface area contributed by atoms with Gasteiger partial charge in [-0.3, -0.25) is 9.59 Å². The Morgan fingerprint density at radius 1 is 1.05 bits per heavy atom. The Kier molecular flexibility index (Phi) is 6.65. The van der Waals surface area contributed by atoms with E-state index in [1.165, 1.54) is 0 Å². The van der Waals surface area contributed by atoms with Crippen LogP contribution in [-0.4, -0.2) is 30.4 Å². The van der Waals surface area contributed by atoms with E-state index in [1.54, 1.807) is 12.1 Å². The molecule has 1 aliphatic rings. The first-order valence-corrected chi connectivity index (χ1v) is 7.02. The fourth-order valence-corrected chi connectivity index (χ4v) is 2.45. The lowest BCUT2D eigenvalue weighted by Crippen LogP contribution is -2.53. The Balaban J connectivity index is 0.00000220. The van der Waals surface area contributed by atoms with Gasteiger partial charge in [-0.2, -0.15) is 0 Å². The topological polar surface area (TPSA) is 84.2 Å². The van der Waals surface area contributed by atoms with Crippen molar-refractivity contribution in [1.82, 2.24) is 10.6 Å². The zero-order valence-corrected chi connectivity index (χ0v) is 12.7. The van der Waals surface area contributed by atoms with Crippen molar-refractivity contribution in [2.75, 3.05) is 13.1 Å². The number of carbonyl (C=O) groups excluding carboxylic acids is 2. The molecular weight excluding hydrogens is 290 g/mol. The molecule has 0 bridgehead atoms. The normalized spacial score (nSPS) is 15.9. The lowest BCUT2D eigenvalue weighted by atomic mass is 9.98. The quantitative estimate of drug-likeness (QED) is 0.715. The second kappa shape index (κ2) is 8.00. The van der Waals surface area contributed by atoms with Crippen LogP contribution in [0.15, 0.2) is 30.3 Å². The van der Waals surface area contributed by atoms with Crippen LogP contribution in [0.4, 0.5) is 0 Å². The predicted molar refractivity (Wildman–Crippen MR) is 84.4 cm³/mol. The Bertz CT molecular complexity index is 473. The summed E-state index contributed by atoms with van der Waals surface area (Å²) in [5.74, 6) is -0.243. The second-order valence-electron chi connectivity index (χ2n) is 5.24. The zero-order chi connectivity index (χ0) is 14.4. The molecule has 0 heterocycles. The third kappa shape index (κ3) is 4.72. The van der Waals surface area contributed by atoms with Gasteiger partial charge in [-0.15, -0.1) is 12.4 Å². The zero-order valence-electron chi connectivity index (χ0n) is 11.9. The van der Waals surface area contributed by atoms with E-state index >= 15 is 0 Å². The number of amides is 2. The molecule has 1 fully saturated rings. The van der Waals surface area contributed by atoms with E-state index in [9.17, 15) is 9.59 Å². The summed E-state index contributed by atoms with van der Waals surface area (Å²) in [7, 11) is 0. The van der Waals surface area contributed by atoms with Crippen LogP contribution < -0.4 is 16.4 Å². The van der Waals surface area contributed by atoms with Gasteiger partial charge in [0.25, 0.3) is 5.91 Å². The van der Waals surface area contributed by atoms with Crippen LogP contribution in [0.3, 0.4) is 0 Å². The van der Waals surface area contributed by atoms with Crippen molar-refractivity contribution in [3.63, 3.8) is 0 Å². The van der Waals surface area contributed by atoms with E-state index in [2.05, 4.69) is 10.6 Å². The van der Waals surface area contributed by atoms with Crippen LogP contribution in [-0.2, 0) is 4.79 Å². The van der Waals surface area contributed by atoms with Gasteiger partial charge in [0.2, 0.25) is 5.91 Å². The van der Waals surface area contributed by atoms with Crippen molar-refractivity contribution in [1.29, 1.82) is 0 Å². The first-order chi connectivity index (χ1) is 9.62. The van der Waals surface area contributed by atoms with Crippen molar-refractivity contribution >= 4 is 24.2 Å². The average molecular weight is 312 g/mol. The molecule has 5 nitrogen and oxygen atoms in total. The molecular formula is C15H22ClN3O2. The highest BCUT2D eigenvalue weighted by molar-refractivity contribution is 5.94. The molecule has 21 heavy (non-hydrogen) atoms. The minimum atomic E-state index is -0.705. The van der Waals surface area contributed by atoms with Gasteiger partial charge in [0.1, 0.15) is 0 Å².